The van der Waals surface area contributed by atoms with E-state index in [0.29, 0.717) is 12.1 Å². The number of aliphatic imine (C=N–C) groups is 1. The molecule has 0 spiro atoms. The molecular weight excluding hydrogens is 431 g/mol. The number of rotatable bonds is 5. The van der Waals surface area contributed by atoms with Crippen LogP contribution in [0, 0.1) is 0 Å². The molecule has 0 radical (unpaired) electrons. The van der Waals surface area contributed by atoms with Crippen LogP contribution in [0.25, 0.3) is 0 Å². The van der Waals surface area contributed by atoms with Crippen molar-refractivity contribution >= 4 is 29.9 Å². The van der Waals surface area contributed by atoms with Gasteiger partial charge in [-0.1, -0.05) is 19.3 Å². The highest BCUT2D eigenvalue weighted by molar-refractivity contribution is 14.0. The number of hydrogen-bond acceptors (Lipinski definition) is 4. The summed E-state index contributed by atoms with van der Waals surface area (Å²) >= 11 is 0. The molecule has 1 atom stereocenters. The molecule has 0 amide bonds. The number of guanidine groups is 1. The van der Waals surface area contributed by atoms with Gasteiger partial charge in [0.1, 0.15) is 0 Å². The second kappa shape index (κ2) is 11.6. The topological polar surface area (TPSA) is 49.3 Å². The maximum Gasteiger partial charge on any atom is 0.193 e. The monoisotopic (exact) mass is 466 g/mol. The number of likely N-dealkylation sites (tertiary alicyclic amines) is 1. The number of morpholine rings is 1. The molecule has 0 bridgehead atoms. The van der Waals surface area contributed by atoms with Crippen molar-refractivity contribution in [2.24, 2.45) is 4.99 Å². The van der Waals surface area contributed by atoms with Gasteiger partial charge in [0.15, 0.2) is 5.96 Å². The second-order valence-corrected chi connectivity index (χ2v) is 7.14. The summed E-state index contributed by atoms with van der Waals surface area (Å²) in [5.41, 5.74) is 0. The Morgan fingerprint density at radius 1 is 1.12 bits per heavy atom. The van der Waals surface area contributed by atoms with E-state index in [4.69, 9.17) is 9.47 Å². The number of halogens is 1. The summed E-state index contributed by atoms with van der Waals surface area (Å²) in [6.45, 7) is 7.68. The van der Waals surface area contributed by atoms with Gasteiger partial charge in [-0.25, -0.2) is 0 Å². The molecule has 2 aliphatic heterocycles. The number of ether oxygens (including phenoxy) is 2. The predicted octanol–water partition coefficient (Wildman–Crippen LogP) is 1.94. The fourth-order valence-electron chi connectivity index (χ4n) is 4.13. The van der Waals surface area contributed by atoms with E-state index < -0.39 is 0 Å². The average molecular weight is 466 g/mol. The molecule has 0 aromatic rings. The van der Waals surface area contributed by atoms with Gasteiger partial charge in [-0.2, -0.15) is 0 Å². The summed E-state index contributed by atoms with van der Waals surface area (Å²) in [7, 11) is 1.88. The van der Waals surface area contributed by atoms with E-state index >= 15 is 0 Å². The summed E-state index contributed by atoms with van der Waals surface area (Å²) in [5, 5.41) is 3.48. The lowest BCUT2D eigenvalue weighted by molar-refractivity contribution is 0.0194. The van der Waals surface area contributed by atoms with Crippen LogP contribution >= 0.6 is 24.0 Å². The summed E-state index contributed by atoms with van der Waals surface area (Å²) in [6, 6.07) is 0.644. The van der Waals surface area contributed by atoms with Crippen LogP contribution in [0.4, 0.5) is 0 Å². The van der Waals surface area contributed by atoms with Crippen molar-refractivity contribution < 1.29 is 9.47 Å². The third kappa shape index (κ3) is 6.52. The van der Waals surface area contributed by atoms with Crippen molar-refractivity contribution in [3.63, 3.8) is 0 Å². The second-order valence-electron chi connectivity index (χ2n) is 7.14. The van der Waals surface area contributed by atoms with Gasteiger partial charge in [-0.15, -0.1) is 24.0 Å². The van der Waals surface area contributed by atoms with Gasteiger partial charge in [0.05, 0.1) is 25.9 Å². The summed E-state index contributed by atoms with van der Waals surface area (Å²) < 4.78 is 11.5. The number of hydrogen-bond donors (Lipinski definition) is 1. The first-order valence-electron chi connectivity index (χ1n) is 9.76. The van der Waals surface area contributed by atoms with Crippen LogP contribution in [0.3, 0.4) is 0 Å². The Bertz CT molecular complexity index is 399. The molecule has 0 aromatic heterocycles. The maximum atomic E-state index is 6.00. The van der Waals surface area contributed by atoms with E-state index in [9.17, 15) is 0 Å². The fourth-order valence-corrected chi connectivity index (χ4v) is 4.13. The fraction of sp³-hybridized carbons (Fsp3) is 0.944. The van der Waals surface area contributed by atoms with Crippen molar-refractivity contribution in [1.29, 1.82) is 0 Å². The molecule has 3 rings (SSSR count). The highest BCUT2D eigenvalue weighted by atomic mass is 127. The van der Waals surface area contributed by atoms with Crippen LogP contribution in [0.2, 0.25) is 0 Å². The Morgan fingerprint density at radius 2 is 1.88 bits per heavy atom. The molecule has 2 heterocycles. The van der Waals surface area contributed by atoms with Gasteiger partial charge in [0, 0.05) is 45.8 Å². The largest absolute Gasteiger partial charge is 0.379 e. The highest BCUT2D eigenvalue weighted by Gasteiger charge is 2.30. The minimum Gasteiger partial charge on any atom is -0.379 e. The molecule has 7 heteroatoms. The van der Waals surface area contributed by atoms with Gasteiger partial charge in [0.25, 0.3) is 0 Å². The smallest absolute Gasteiger partial charge is 0.193 e. The van der Waals surface area contributed by atoms with Crippen molar-refractivity contribution in [3.8, 4) is 0 Å². The molecule has 2 saturated heterocycles. The van der Waals surface area contributed by atoms with Gasteiger partial charge >= 0.3 is 0 Å². The molecule has 146 valence electrons. The third-order valence-corrected chi connectivity index (χ3v) is 5.53. The maximum absolute atomic E-state index is 6.00. The van der Waals surface area contributed by atoms with Gasteiger partial charge in [0.2, 0.25) is 0 Å². The van der Waals surface area contributed by atoms with Crippen LogP contribution in [0.15, 0.2) is 4.99 Å². The lowest BCUT2D eigenvalue weighted by Crippen LogP contribution is -2.47. The SMILES string of the molecule is CN=C(NCCOC1CCCCC1)N1CCC(N2CCOCC2)C1.I. The zero-order valence-corrected chi connectivity index (χ0v) is 18.0. The minimum absolute atomic E-state index is 0. The van der Waals surface area contributed by atoms with Crippen LogP contribution in [-0.2, 0) is 9.47 Å². The van der Waals surface area contributed by atoms with Crippen molar-refractivity contribution in [2.45, 2.75) is 50.7 Å². The Kier molecular flexibility index (Phi) is 9.80. The highest BCUT2D eigenvalue weighted by Crippen LogP contribution is 2.20. The standard InChI is InChI=1S/C18H34N4O2.HI/c1-19-18(20-8-12-24-17-5-3-2-4-6-17)22-9-7-16(15-22)21-10-13-23-14-11-21;/h16-17H,2-15H2,1H3,(H,19,20);1H. The molecule has 1 aliphatic carbocycles. The average Bonchev–Trinajstić information content (AvgIpc) is 3.13. The number of nitrogens with one attached hydrogen (secondary N) is 1. The lowest BCUT2D eigenvalue weighted by Gasteiger charge is -2.32. The summed E-state index contributed by atoms with van der Waals surface area (Å²) in [5.74, 6) is 1.03. The molecular formula is C18H35IN4O2. The van der Waals surface area contributed by atoms with Gasteiger partial charge in [-0.3, -0.25) is 9.89 Å². The van der Waals surface area contributed by atoms with E-state index in [1.165, 1.54) is 38.5 Å². The molecule has 3 aliphatic rings. The molecule has 6 nitrogen and oxygen atoms in total. The quantitative estimate of drug-likeness (QED) is 0.291. The van der Waals surface area contributed by atoms with Crippen molar-refractivity contribution in [2.75, 3.05) is 59.6 Å². The van der Waals surface area contributed by atoms with E-state index in [-0.39, 0.29) is 24.0 Å². The van der Waals surface area contributed by atoms with Crippen LogP contribution in [0.5, 0.6) is 0 Å². The summed E-state index contributed by atoms with van der Waals surface area (Å²) in [6.07, 6.45) is 8.22. The first-order valence-corrected chi connectivity index (χ1v) is 9.76. The third-order valence-electron chi connectivity index (χ3n) is 5.53. The van der Waals surface area contributed by atoms with Crippen LogP contribution in [-0.4, -0.2) is 87.5 Å². The Labute approximate surface area is 169 Å². The molecule has 0 aromatic carbocycles. The van der Waals surface area contributed by atoms with Crippen LogP contribution < -0.4 is 5.32 Å². The van der Waals surface area contributed by atoms with Crippen LogP contribution in [0.1, 0.15) is 38.5 Å². The van der Waals surface area contributed by atoms with Gasteiger partial charge < -0.3 is 19.7 Å². The number of nitrogens with zero attached hydrogens (tertiary/aromatic N) is 3. The molecule has 1 saturated carbocycles. The Hall–Kier alpha value is -0.120. The molecule has 3 fully saturated rings. The first kappa shape index (κ1) is 21.2. The zero-order chi connectivity index (χ0) is 16.6. The zero-order valence-electron chi connectivity index (χ0n) is 15.6. The molecule has 25 heavy (non-hydrogen) atoms. The lowest BCUT2D eigenvalue weighted by atomic mass is 9.98. The van der Waals surface area contributed by atoms with Crippen molar-refractivity contribution in [3.05, 3.63) is 0 Å². The van der Waals surface area contributed by atoms with Crippen molar-refractivity contribution in [1.82, 2.24) is 15.1 Å². The Balaban J connectivity index is 0.00000225. The van der Waals surface area contributed by atoms with E-state index in [1.54, 1.807) is 0 Å². The van der Waals surface area contributed by atoms with E-state index in [2.05, 4.69) is 20.1 Å². The minimum atomic E-state index is 0. The Morgan fingerprint density at radius 3 is 2.60 bits per heavy atom. The molecule has 1 N–H and O–H groups in total. The van der Waals surface area contributed by atoms with Gasteiger partial charge in [-0.05, 0) is 19.3 Å². The first-order chi connectivity index (χ1) is 11.9. The predicted molar refractivity (Wildman–Crippen MR) is 112 cm³/mol. The summed E-state index contributed by atoms with van der Waals surface area (Å²) in [4.78, 5) is 9.43. The van der Waals surface area contributed by atoms with E-state index in [0.717, 1.165) is 58.5 Å². The molecule has 1 unspecified atom stereocenters. The normalized spacial score (nSPS) is 26.5. The van der Waals surface area contributed by atoms with E-state index in [1.807, 2.05) is 7.05 Å².